The van der Waals surface area contributed by atoms with E-state index in [1.807, 2.05) is 0 Å². The number of carbonyl (C=O) groups excluding carboxylic acids is 6. The Morgan fingerprint density at radius 2 is 0.769 bits per heavy atom. The molecule has 2 amide bonds. The molecule has 0 aliphatic carbocycles. The standard InChI is InChI=1S/C84H157N2O21P/c1-7-13-19-25-31-33-39-45-51-57-75(92)102-68(55-49-43-37-29-23-17-11-5)61-74(91)86-79-83(106-78(95)62-69(56-50-44-38-30-24-18-12-6)103-76(93)58-52-46-40-34-32-26-20-14-8-2)82(107-108(97,98)99)71(63-87)104-84(79)101-65-72-80(96)81(105-77(94)60-67(89)54-48-42-36-28-22-16-10-4)70(64-100-72)85-73(90)59-66(88)53-47-41-35-27-21-15-9-3/h66-72,79-84,87-89,96H,7-65H2,1-6H3,(H,85,90)(H,86,91)(H2,97,98,99)/t66-,67-,68-,69-,70?,71?,72?,79?,80-,81?,82-,83?,84-/m1/s1. The van der Waals surface area contributed by atoms with Crippen LogP contribution in [0, 0.1) is 0 Å². The van der Waals surface area contributed by atoms with E-state index in [-0.39, 0.29) is 32.3 Å². The number of nitrogens with one attached hydrogen (secondary N) is 2. The fourth-order valence-corrected chi connectivity index (χ4v) is 15.1. The molecule has 8 N–H and O–H groups in total. The summed E-state index contributed by atoms with van der Waals surface area (Å²) in [7, 11) is -5.57. The summed E-state index contributed by atoms with van der Waals surface area (Å²) in [4.78, 5) is 106. The first-order valence-corrected chi connectivity index (χ1v) is 45.4. The highest BCUT2D eigenvalue weighted by atomic mass is 31.2. The Morgan fingerprint density at radius 1 is 0.417 bits per heavy atom. The summed E-state index contributed by atoms with van der Waals surface area (Å²) in [6, 6.07) is -2.91. The van der Waals surface area contributed by atoms with Crippen LogP contribution in [0.15, 0.2) is 0 Å². The molecule has 24 heteroatoms. The lowest BCUT2D eigenvalue weighted by Crippen LogP contribution is -2.67. The molecule has 13 atom stereocenters. The molecule has 0 bridgehead atoms. The van der Waals surface area contributed by atoms with Crippen LogP contribution in [0.4, 0.5) is 0 Å². The van der Waals surface area contributed by atoms with Crippen molar-refractivity contribution in [2.75, 3.05) is 19.8 Å². The van der Waals surface area contributed by atoms with Gasteiger partial charge in [-0.25, -0.2) is 4.57 Å². The normalized spacial score (nSPS) is 20.7. The molecule has 0 aromatic heterocycles. The van der Waals surface area contributed by atoms with E-state index < -0.39 is 155 Å². The number of aliphatic hydroxyl groups is 4. The minimum absolute atomic E-state index is 0.125. The molecule has 2 fully saturated rings. The topological polar surface area (TPSA) is 339 Å². The van der Waals surface area contributed by atoms with E-state index in [2.05, 4.69) is 52.2 Å². The molecule has 108 heavy (non-hydrogen) atoms. The number of aliphatic hydroxyl groups excluding tert-OH is 4. The molecule has 23 nitrogen and oxygen atoms in total. The molecule has 0 aromatic carbocycles. The molecule has 2 aliphatic heterocycles. The fraction of sp³-hybridized carbons (Fsp3) is 0.929. The van der Waals surface area contributed by atoms with Crippen molar-refractivity contribution >= 4 is 43.5 Å². The minimum Gasteiger partial charge on any atom is -0.462 e. The van der Waals surface area contributed by atoms with Crippen LogP contribution in [-0.2, 0) is 71.0 Å². The molecule has 0 saturated carbocycles. The average molecular weight is 1560 g/mol. The molecule has 2 heterocycles. The third kappa shape index (κ3) is 51.4. The van der Waals surface area contributed by atoms with Gasteiger partial charge in [-0.3, -0.25) is 33.3 Å². The fourth-order valence-electron chi connectivity index (χ4n) is 14.6. The number of phosphoric ester groups is 1. The van der Waals surface area contributed by atoms with Crippen molar-refractivity contribution in [1.82, 2.24) is 10.6 Å². The Labute approximate surface area is 652 Å². The van der Waals surface area contributed by atoms with Crippen molar-refractivity contribution in [3.8, 4) is 0 Å². The Balaban J connectivity index is 2.69. The number of esters is 4. The molecule has 2 rings (SSSR count). The van der Waals surface area contributed by atoms with Crippen LogP contribution < -0.4 is 10.6 Å². The van der Waals surface area contributed by atoms with Crippen LogP contribution >= 0.6 is 7.82 Å². The van der Waals surface area contributed by atoms with Crippen molar-refractivity contribution in [2.45, 2.75) is 481 Å². The average Bonchev–Trinajstić information content (AvgIpc) is 0.781. The van der Waals surface area contributed by atoms with E-state index in [0.29, 0.717) is 51.4 Å². The molecule has 0 aromatic rings. The molecule has 634 valence electrons. The van der Waals surface area contributed by atoms with Crippen molar-refractivity contribution < 1.29 is 101 Å². The third-order valence-corrected chi connectivity index (χ3v) is 21.6. The van der Waals surface area contributed by atoms with Gasteiger partial charge in [-0.1, -0.05) is 311 Å². The summed E-state index contributed by atoms with van der Waals surface area (Å²) in [5, 5.41) is 51.0. The van der Waals surface area contributed by atoms with E-state index in [1.165, 1.54) is 51.4 Å². The molecule has 0 spiro atoms. The SMILES string of the molecule is CCCCCCCCCCCC(=O)O[C@H](CCCCCCCCC)CC(=O)NC1C(OC(=O)C[C@@H](CCCCCCCCC)OC(=O)CCCCCCCCCCC)[C@H](OP(=O)(O)O)C(CO)O[C@H]1OCC1OCC(NC(=O)C[C@H](O)CCCCCCCCC)C(OC(=O)C[C@H](O)CCCCCCCCC)[C@@H]1O. The zero-order valence-electron chi connectivity index (χ0n) is 68.5. The Kier molecular flexibility index (Phi) is 61.5. The first-order chi connectivity index (χ1) is 52.2. The molecule has 6 unspecified atom stereocenters. The number of carbonyl (C=O) groups is 6. The van der Waals surface area contributed by atoms with Crippen molar-refractivity contribution in [1.29, 1.82) is 0 Å². The lowest BCUT2D eigenvalue weighted by molar-refractivity contribution is -0.282. The van der Waals surface area contributed by atoms with Crippen LogP contribution in [0.1, 0.15) is 401 Å². The highest BCUT2D eigenvalue weighted by Crippen LogP contribution is 2.43. The summed E-state index contributed by atoms with van der Waals surface area (Å²) in [5.41, 5.74) is 0. The summed E-state index contributed by atoms with van der Waals surface area (Å²) in [6.45, 7) is 10.9. The van der Waals surface area contributed by atoms with E-state index in [0.717, 1.165) is 212 Å². The van der Waals surface area contributed by atoms with Gasteiger partial charge >= 0.3 is 31.7 Å². The molecule has 2 saturated heterocycles. The summed E-state index contributed by atoms with van der Waals surface area (Å²) in [6.07, 6.45) is 30.0. The van der Waals surface area contributed by atoms with Crippen molar-refractivity contribution in [3.63, 3.8) is 0 Å². The van der Waals surface area contributed by atoms with E-state index in [9.17, 15) is 63.5 Å². The second-order valence-electron chi connectivity index (χ2n) is 31.3. The zero-order valence-corrected chi connectivity index (χ0v) is 69.4. The van der Waals surface area contributed by atoms with Gasteiger partial charge in [0.05, 0.1) is 63.8 Å². The smallest absolute Gasteiger partial charge is 0.462 e. The number of amides is 2. The zero-order chi connectivity index (χ0) is 79.3. The Morgan fingerprint density at radius 3 is 1.18 bits per heavy atom. The van der Waals surface area contributed by atoms with Gasteiger partial charge in [0, 0.05) is 12.8 Å². The van der Waals surface area contributed by atoms with Gasteiger partial charge in [-0.15, -0.1) is 0 Å². The second kappa shape index (κ2) is 66.0. The second-order valence-corrected chi connectivity index (χ2v) is 32.5. The maximum atomic E-state index is 14.9. The lowest BCUT2D eigenvalue weighted by Gasteiger charge is -2.46. The number of hydrogen-bond donors (Lipinski definition) is 8. The summed E-state index contributed by atoms with van der Waals surface area (Å²) in [5.74, 6) is -4.20. The van der Waals surface area contributed by atoms with Crippen molar-refractivity contribution in [2.24, 2.45) is 0 Å². The van der Waals surface area contributed by atoms with Crippen LogP contribution in [-0.4, -0.2) is 165 Å². The quantitative estimate of drug-likeness (QED) is 0.0121. The number of phosphoric acid groups is 1. The van der Waals surface area contributed by atoms with Gasteiger partial charge in [0.25, 0.3) is 0 Å². The first-order valence-electron chi connectivity index (χ1n) is 43.9. The largest absolute Gasteiger partial charge is 0.470 e. The van der Waals surface area contributed by atoms with E-state index in [4.69, 9.17) is 37.7 Å². The van der Waals surface area contributed by atoms with E-state index in [1.54, 1.807) is 0 Å². The summed E-state index contributed by atoms with van der Waals surface area (Å²) >= 11 is 0. The van der Waals surface area contributed by atoms with E-state index >= 15 is 0 Å². The van der Waals surface area contributed by atoms with Crippen LogP contribution in [0.25, 0.3) is 0 Å². The molecular formula is C84H157N2O21P. The van der Waals surface area contributed by atoms with Crippen LogP contribution in [0.2, 0.25) is 0 Å². The third-order valence-electron chi connectivity index (χ3n) is 21.1. The number of unbranched alkanes of at least 4 members (excludes halogenated alkanes) is 40. The molecule has 2 aliphatic rings. The Hall–Kier alpha value is -3.35. The lowest BCUT2D eigenvalue weighted by atomic mass is 9.95. The van der Waals surface area contributed by atoms with Gasteiger partial charge in [0.15, 0.2) is 18.5 Å². The number of hydrogen-bond acceptors (Lipinski definition) is 19. The van der Waals surface area contributed by atoms with Gasteiger partial charge in [0.1, 0.15) is 42.7 Å². The number of rotatable bonds is 72. The number of ether oxygens (including phenoxy) is 7. The summed E-state index contributed by atoms with van der Waals surface area (Å²) < 4.78 is 61.7. The first kappa shape index (κ1) is 101. The molecular weight excluding hydrogens is 1400 g/mol. The van der Waals surface area contributed by atoms with Crippen LogP contribution in [0.3, 0.4) is 0 Å². The van der Waals surface area contributed by atoms with Gasteiger partial charge in [-0.05, 0) is 51.4 Å². The molecule has 0 radical (unpaired) electrons. The predicted molar refractivity (Wildman–Crippen MR) is 422 cm³/mol. The minimum atomic E-state index is -5.57. The highest BCUT2D eigenvalue weighted by Gasteiger charge is 2.53. The maximum absolute atomic E-state index is 14.9. The Bertz CT molecular complexity index is 2300. The maximum Gasteiger partial charge on any atom is 0.470 e. The van der Waals surface area contributed by atoms with Gasteiger partial charge < -0.3 is 74.0 Å². The monoisotopic (exact) mass is 1560 g/mol. The van der Waals surface area contributed by atoms with Crippen molar-refractivity contribution in [3.05, 3.63) is 0 Å². The highest BCUT2D eigenvalue weighted by molar-refractivity contribution is 7.46. The van der Waals surface area contributed by atoms with Crippen LogP contribution in [0.5, 0.6) is 0 Å². The predicted octanol–water partition coefficient (Wildman–Crippen LogP) is 17.3. The van der Waals surface area contributed by atoms with Gasteiger partial charge in [-0.2, -0.15) is 0 Å². The van der Waals surface area contributed by atoms with Gasteiger partial charge in [0.2, 0.25) is 11.8 Å².